The fourth-order valence-electron chi connectivity index (χ4n) is 5.59. The van der Waals surface area contributed by atoms with Gasteiger partial charge in [0.25, 0.3) is 11.8 Å². The van der Waals surface area contributed by atoms with E-state index in [9.17, 15) is 14.7 Å². The van der Waals surface area contributed by atoms with Gasteiger partial charge in [0.1, 0.15) is 41.6 Å². The van der Waals surface area contributed by atoms with E-state index in [1.54, 1.807) is 12.1 Å². The van der Waals surface area contributed by atoms with Gasteiger partial charge in [0, 0.05) is 12.6 Å². The number of aliphatic hydroxyl groups is 1. The number of ether oxygens (including phenoxy) is 1. The number of nitrogens with zero attached hydrogens (tertiary/aromatic N) is 5. The number of halogens is 1. The van der Waals surface area contributed by atoms with Crippen molar-refractivity contribution >= 4 is 40.3 Å². The second-order valence-electron chi connectivity index (χ2n) is 11.0. The molecule has 2 aliphatic heterocycles. The second kappa shape index (κ2) is 11.3. The molecule has 0 bridgehead atoms. The highest BCUT2D eigenvalue weighted by Gasteiger charge is 2.41. The summed E-state index contributed by atoms with van der Waals surface area (Å²) in [5.74, 6) is 0.896. The third kappa shape index (κ3) is 5.31. The zero-order chi connectivity index (χ0) is 29.5. The van der Waals surface area contributed by atoms with E-state index >= 15 is 0 Å². The Balaban J connectivity index is 1.20. The maximum atomic E-state index is 13.3. The van der Waals surface area contributed by atoms with Gasteiger partial charge in [-0.1, -0.05) is 29.3 Å². The van der Waals surface area contributed by atoms with Crippen molar-refractivity contribution in [3.8, 4) is 17.1 Å². The largest absolute Gasteiger partial charge is 0.491 e. The van der Waals surface area contributed by atoms with Crippen LogP contribution >= 0.6 is 11.6 Å². The molecule has 2 aromatic heterocycles. The van der Waals surface area contributed by atoms with Crippen LogP contribution in [0.2, 0.25) is 5.15 Å². The van der Waals surface area contributed by atoms with Crippen molar-refractivity contribution in [1.29, 1.82) is 0 Å². The van der Waals surface area contributed by atoms with Gasteiger partial charge in [0.05, 0.1) is 27.7 Å². The van der Waals surface area contributed by atoms with Gasteiger partial charge in [-0.05, 0) is 70.6 Å². The zero-order valence-corrected chi connectivity index (χ0v) is 24.4. The summed E-state index contributed by atoms with van der Waals surface area (Å²) in [5, 5.41) is 13.8. The molecule has 2 amide bonds. The van der Waals surface area contributed by atoms with E-state index in [0.717, 1.165) is 37.1 Å². The van der Waals surface area contributed by atoms with Gasteiger partial charge >= 0.3 is 0 Å². The van der Waals surface area contributed by atoms with E-state index in [1.807, 2.05) is 39.1 Å². The molecule has 6 rings (SSSR count). The second-order valence-corrected chi connectivity index (χ2v) is 11.4. The number of anilines is 1. The highest BCUT2D eigenvalue weighted by Crippen LogP contribution is 2.35. The topological polar surface area (TPSA) is 137 Å². The molecule has 1 fully saturated rings. The minimum absolute atomic E-state index is 0.0812. The number of rotatable bonds is 8. The van der Waals surface area contributed by atoms with Crippen LogP contribution in [0.4, 0.5) is 5.82 Å². The first-order chi connectivity index (χ1) is 20.2. The number of benzene rings is 2. The molecule has 0 spiro atoms. The maximum Gasteiger partial charge on any atom is 0.261 e. The Morgan fingerprint density at radius 1 is 1.12 bits per heavy atom. The van der Waals surface area contributed by atoms with Crippen LogP contribution in [0.25, 0.3) is 22.4 Å². The van der Waals surface area contributed by atoms with Crippen molar-refractivity contribution in [3.63, 3.8) is 0 Å². The van der Waals surface area contributed by atoms with E-state index in [1.165, 1.54) is 11.2 Å². The number of fused-ring (bicyclic) bond motifs is 2. The minimum atomic E-state index is -0.838. The standard InChI is InChI=1S/C30H32ClN7O4/c1-16-4-5-24(17(2)10-16)42-14-19(39)13-32-27-25(26(31)33-15-34-27)28-35-22-11-20-21(12-23(22)36-28)30(41)38(29(20)40)18-6-8-37(3)9-7-18/h4-5,10-12,15,18-19,39H,6-9,13-14H2,1-3H3,(H,35,36)(H,32,33,34). The van der Waals surface area contributed by atoms with Gasteiger partial charge in [0.2, 0.25) is 0 Å². The predicted octanol–water partition coefficient (Wildman–Crippen LogP) is 3.83. The SMILES string of the molecule is Cc1ccc(OCC(O)CNc2ncnc(Cl)c2-c2nc3cc4c(cc3[nH]2)C(=O)N(C2CCN(C)CC2)C4=O)c(C)c1. The summed E-state index contributed by atoms with van der Waals surface area (Å²) in [5.41, 5.74) is 4.36. The molecule has 4 aromatic rings. The molecule has 11 nitrogen and oxygen atoms in total. The first-order valence-electron chi connectivity index (χ1n) is 13.9. The van der Waals surface area contributed by atoms with Crippen molar-refractivity contribution in [2.45, 2.75) is 38.8 Å². The lowest BCUT2D eigenvalue weighted by atomic mass is 10.0. The lowest BCUT2D eigenvalue weighted by molar-refractivity contribution is 0.0516. The molecule has 0 aliphatic carbocycles. The van der Waals surface area contributed by atoms with Crippen molar-refractivity contribution in [1.82, 2.24) is 29.7 Å². The molecule has 0 saturated carbocycles. The maximum absolute atomic E-state index is 13.3. The van der Waals surface area contributed by atoms with Crippen LogP contribution in [0, 0.1) is 13.8 Å². The fraction of sp³-hybridized carbons (Fsp3) is 0.367. The molecule has 4 heterocycles. The van der Waals surface area contributed by atoms with E-state index in [0.29, 0.717) is 45.1 Å². The molecule has 2 aromatic carbocycles. The number of carbonyl (C=O) groups excluding carboxylic acids is 2. The Kier molecular flexibility index (Phi) is 7.56. The average molecular weight is 590 g/mol. The smallest absolute Gasteiger partial charge is 0.261 e. The summed E-state index contributed by atoms with van der Waals surface area (Å²) in [6.07, 6.45) is 2.00. The third-order valence-electron chi connectivity index (χ3n) is 7.88. The van der Waals surface area contributed by atoms with Crippen molar-refractivity contribution in [3.05, 3.63) is 64.1 Å². The number of piperidine rings is 1. The third-order valence-corrected chi connectivity index (χ3v) is 8.16. The predicted molar refractivity (Wildman–Crippen MR) is 159 cm³/mol. The number of hydrogen-bond acceptors (Lipinski definition) is 9. The van der Waals surface area contributed by atoms with Crippen LogP contribution < -0.4 is 10.1 Å². The average Bonchev–Trinajstić information content (AvgIpc) is 3.48. The molecular weight excluding hydrogens is 558 g/mol. The number of imide groups is 1. The van der Waals surface area contributed by atoms with Crippen molar-refractivity contribution in [2.24, 2.45) is 0 Å². The van der Waals surface area contributed by atoms with Gasteiger partial charge in [0.15, 0.2) is 0 Å². The van der Waals surface area contributed by atoms with Crippen molar-refractivity contribution in [2.75, 3.05) is 38.6 Å². The quantitative estimate of drug-likeness (QED) is 0.207. The highest BCUT2D eigenvalue weighted by atomic mass is 35.5. The Hall–Kier alpha value is -4.06. The summed E-state index contributed by atoms with van der Waals surface area (Å²) < 4.78 is 5.80. The molecule has 218 valence electrons. The lowest BCUT2D eigenvalue weighted by Gasteiger charge is -2.33. The Bertz CT molecular complexity index is 1630. The fourth-order valence-corrected chi connectivity index (χ4v) is 5.82. The lowest BCUT2D eigenvalue weighted by Crippen LogP contribution is -2.46. The molecule has 1 unspecified atom stereocenters. The number of carbonyl (C=O) groups is 2. The molecule has 12 heteroatoms. The number of H-pyrrole nitrogens is 1. The van der Waals surface area contributed by atoms with Crippen molar-refractivity contribution < 1.29 is 19.4 Å². The monoisotopic (exact) mass is 589 g/mol. The number of amides is 2. The number of likely N-dealkylation sites (tertiary alicyclic amines) is 1. The van der Waals surface area contributed by atoms with E-state index in [4.69, 9.17) is 16.3 Å². The van der Waals surface area contributed by atoms with Crippen LogP contribution in [-0.2, 0) is 0 Å². The molecule has 42 heavy (non-hydrogen) atoms. The molecule has 1 atom stereocenters. The van der Waals surface area contributed by atoms with Gasteiger partial charge in [-0.15, -0.1) is 0 Å². The van der Waals surface area contributed by atoms with E-state index in [-0.39, 0.29) is 36.2 Å². The van der Waals surface area contributed by atoms with Gasteiger partial charge in [-0.25, -0.2) is 15.0 Å². The Morgan fingerprint density at radius 3 is 2.60 bits per heavy atom. The molecule has 0 radical (unpaired) electrons. The number of aliphatic hydroxyl groups excluding tert-OH is 1. The summed E-state index contributed by atoms with van der Waals surface area (Å²) in [4.78, 5) is 46.6. The number of aromatic nitrogens is 4. The number of nitrogens with one attached hydrogen (secondary N) is 2. The number of imidazole rings is 1. The summed E-state index contributed by atoms with van der Waals surface area (Å²) in [6, 6.07) is 9.09. The zero-order valence-electron chi connectivity index (χ0n) is 23.6. The van der Waals surface area contributed by atoms with E-state index < -0.39 is 6.10 Å². The minimum Gasteiger partial charge on any atom is -0.491 e. The molecule has 3 N–H and O–H groups in total. The van der Waals surface area contributed by atoms with Crippen LogP contribution in [0.5, 0.6) is 5.75 Å². The van der Waals surface area contributed by atoms with Gasteiger partial charge in [-0.2, -0.15) is 0 Å². The number of aryl methyl sites for hydroxylation is 2. The summed E-state index contributed by atoms with van der Waals surface area (Å²) >= 11 is 6.48. The van der Waals surface area contributed by atoms with Crippen LogP contribution in [0.15, 0.2) is 36.7 Å². The normalized spacial score (nSPS) is 16.7. The first kappa shape index (κ1) is 28.1. The highest BCUT2D eigenvalue weighted by molar-refractivity contribution is 6.32. The van der Waals surface area contributed by atoms with E-state index in [2.05, 4.69) is 30.2 Å². The van der Waals surface area contributed by atoms with Crippen LogP contribution in [-0.4, -0.2) is 92.1 Å². The number of aromatic amines is 1. The molecule has 1 saturated heterocycles. The Morgan fingerprint density at radius 2 is 1.86 bits per heavy atom. The molecule has 2 aliphatic rings. The first-order valence-corrected chi connectivity index (χ1v) is 14.3. The Labute approximate surface area is 247 Å². The van der Waals surface area contributed by atoms with Gasteiger partial charge in [-0.3, -0.25) is 14.5 Å². The number of hydrogen-bond donors (Lipinski definition) is 3. The summed E-state index contributed by atoms with van der Waals surface area (Å²) in [6.45, 7) is 5.88. The summed E-state index contributed by atoms with van der Waals surface area (Å²) in [7, 11) is 2.04. The van der Waals surface area contributed by atoms with Crippen LogP contribution in [0.1, 0.15) is 44.7 Å². The van der Waals surface area contributed by atoms with Crippen LogP contribution in [0.3, 0.4) is 0 Å². The molecular formula is C30H32ClN7O4. The van der Waals surface area contributed by atoms with Gasteiger partial charge < -0.3 is 25.0 Å².